The lowest BCUT2D eigenvalue weighted by Gasteiger charge is -2.36. The molecule has 1 saturated heterocycles. The molecule has 2 heterocycles. The first-order chi connectivity index (χ1) is 13.0. The van der Waals surface area contributed by atoms with E-state index in [2.05, 4.69) is 10.3 Å². The third kappa shape index (κ3) is 4.69. The van der Waals surface area contributed by atoms with Crippen molar-refractivity contribution in [1.29, 1.82) is 0 Å². The van der Waals surface area contributed by atoms with Crippen molar-refractivity contribution in [3.05, 3.63) is 66.0 Å². The summed E-state index contributed by atoms with van der Waals surface area (Å²) in [6.45, 7) is 1.88. The van der Waals surface area contributed by atoms with E-state index in [1.165, 1.54) is 11.1 Å². The zero-order chi connectivity index (χ0) is 19.2. The van der Waals surface area contributed by atoms with Gasteiger partial charge >= 0.3 is 6.09 Å². The normalized spacial score (nSPS) is 19.4. The highest BCUT2D eigenvalue weighted by atomic mass is 16.6. The largest absolute Gasteiger partial charge is 0.445 e. The molecule has 27 heavy (non-hydrogen) atoms. The minimum Gasteiger partial charge on any atom is -0.445 e. The second kappa shape index (κ2) is 8.44. The fourth-order valence-corrected chi connectivity index (χ4v) is 2.95. The molecule has 1 aliphatic rings. The number of amides is 2. The lowest BCUT2D eigenvalue weighted by Crippen LogP contribution is -2.56. The molecule has 140 valence electrons. The van der Waals surface area contributed by atoms with Crippen LogP contribution in [0.4, 0.5) is 4.79 Å². The van der Waals surface area contributed by atoms with Crippen molar-refractivity contribution in [3.8, 4) is 0 Å². The van der Waals surface area contributed by atoms with Crippen LogP contribution in [-0.4, -0.2) is 46.3 Å². The van der Waals surface area contributed by atoms with Crippen LogP contribution in [0.2, 0.25) is 0 Å². The number of pyridine rings is 1. The van der Waals surface area contributed by atoms with E-state index in [-0.39, 0.29) is 30.7 Å². The molecule has 0 saturated carbocycles. The summed E-state index contributed by atoms with van der Waals surface area (Å²) in [5.74, 6) is -0.629. The summed E-state index contributed by atoms with van der Waals surface area (Å²) in [6.07, 6.45) is 1.32. The number of rotatable bonds is 4. The monoisotopic (exact) mass is 367 g/mol. The molecule has 2 aromatic rings. The third-order valence-electron chi connectivity index (χ3n) is 4.47. The average molecular weight is 367 g/mol. The number of benzene rings is 1. The molecule has 1 fully saturated rings. The summed E-state index contributed by atoms with van der Waals surface area (Å²) in [5, 5.41) is 2.70. The highest BCUT2D eigenvalue weighted by Crippen LogP contribution is 2.17. The Morgan fingerprint density at radius 1 is 1.19 bits per heavy atom. The molecule has 2 atom stereocenters. The fraction of sp³-hybridized carbons (Fsp3) is 0.300. The number of nitrogens with one attached hydrogen (secondary N) is 1. The molecule has 7 heteroatoms. The van der Waals surface area contributed by atoms with Crippen molar-refractivity contribution in [2.75, 3.05) is 6.54 Å². The van der Waals surface area contributed by atoms with Crippen molar-refractivity contribution >= 4 is 17.8 Å². The van der Waals surface area contributed by atoms with Gasteiger partial charge in [0.05, 0.1) is 12.6 Å². The average Bonchev–Trinajstić information content (AvgIpc) is 2.70. The first-order valence-corrected chi connectivity index (χ1v) is 8.76. The topological polar surface area (TPSA) is 88.6 Å². The van der Waals surface area contributed by atoms with Crippen LogP contribution in [-0.2, 0) is 16.1 Å². The zero-order valence-electron chi connectivity index (χ0n) is 15.0. The summed E-state index contributed by atoms with van der Waals surface area (Å²) in [6, 6.07) is 13.5. The van der Waals surface area contributed by atoms with Gasteiger partial charge in [-0.15, -0.1) is 0 Å². The Morgan fingerprint density at radius 2 is 1.93 bits per heavy atom. The minimum absolute atomic E-state index is 0.0953. The standard InChI is InChI=1S/C20H21N3O4/c1-14-11-17(22-19(25)16-9-5-6-10-21-16)18(24)12-23(14)20(26)27-13-15-7-3-2-4-8-15/h2-10,14,17H,11-13H2,1H3,(H,22,25). The quantitative estimate of drug-likeness (QED) is 0.895. The maximum Gasteiger partial charge on any atom is 0.410 e. The zero-order valence-corrected chi connectivity index (χ0v) is 15.0. The fourth-order valence-electron chi connectivity index (χ4n) is 2.95. The maximum absolute atomic E-state index is 12.4. The Hall–Kier alpha value is -3.22. The molecule has 2 amide bonds. The van der Waals surface area contributed by atoms with Gasteiger partial charge < -0.3 is 10.1 Å². The number of ether oxygens (including phenoxy) is 1. The van der Waals surface area contributed by atoms with Gasteiger partial charge in [-0.05, 0) is 31.0 Å². The highest BCUT2D eigenvalue weighted by Gasteiger charge is 2.36. The van der Waals surface area contributed by atoms with Crippen molar-refractivity contribution in [1.82, 2.24) is 15.2 Å². The van der Waals surface area contributed by atoms with E-state index in [0.29, 0.717) is 6.42 Å². The molecule has 1 N–H and O–H groups in total. The van der Waals surface area contributed by atoms with Gasteiger partial charge in [-0.3, -0.25) is 19.5 Å². The first-order valence-electron chi connectivity index (χ1n) is 8.76. The predicted molar refractivity (Wildman–Crippen MR) is 97.9 cm³/mol. The molecule has 2 unspecified atom stereocenters. The Kier molecular flexibility index (Phi) is 5.80. The molecule has 0 bridgehead atoms. The van der Waals surface area contributed by atoms with Gasteiger partial charge in [-0.25, -0.2) is 4.79 Å². The number of carbonyl (C=O) groups is 3. The molecular formula is C20H21N3O4. The molecule has 7 nitrogen and oxygen atoms in total. The van der Waals surface area contributed by atoms with Crippen molar-refractivity contribution in [2.45, 2.75) is 32.0 Å². The molecule has 0 aliphatic carbocycles. The Bertz CT molecular complexity index is 810. The van der Waals surface area contributed by atoms with Crippen LogP contribution in [0.5, 0.6) is 0 Å². The number of Topliss-reactive ketones (excluding diaryl/α,β-unsaturated/α-hetero) is 1. The summed E-state index contributed by atoms with van der Waals surface area (Å²) in [5.41, 5.74) is 1.13. The van der Waals surface area contributed by atoms with E-state index < -0.39 is 18.0 Å². The number of aromatic nitrogens is 1. The SMILES string of the molecule is CC1CC(NC(=O)c2ccccn2)C(=O)CN1C(=O)OCc1ccccc1. The number of ketones is 1. The van der Waals surface area contributed by atoms with Crippen LogP contribution in [0, 0.1) is 0 Å². The van der Waals surface area contributed by atoms with E-state index in [0.717, 1.165) is 5.56 Å². The number of likely N-dealkylation sites (tertiary alicyclic amines) is 1. The van der Waals surface area contributed by atoms with E-state index >= 15 is 0 Å². The molecule has 0 spiro atoms. The number of hydrogen-bond acceptors (Lipinski definition) is 5. The van der Waals surface area contributed by atoms with Crippen LogP contribution in [0.3, 0.4) is 0 Å². The number of piperidine rings is 1. The van der Waals surface area contributed by atoms with E-state index in [4.69, 9.17) is 4.74 Å². The smallest absolute Gasteiger partial charge is 0.410 e. The van der Waals surface area contributed by atoms with Crippen molar-refractivity contribution in [2.24, 2.45) is 0 Å². The number of nitrogens with zero attached hydrogens (tertiary/aromatic N) is 2. The van der Waals surface area contributed by atoms with Crippen molar-refractivity contribution < 1.29 is 19.1 Å². The van der Waals surface area contributed by atoms with Gasteiger partial charge in [-0.2, -0.15) is 0 Å². The Morgan fingerprint density at radius 3 is 2.63 bits per heavy atom. The van der Waals surface area contributed by atoms with Gasteiger partial charge in [0.25, 0.3) is 5.91 Å². The Labute approximate surface area is 157 Å². The van der Waals surface area contributed by atoms with Crippen LogP contribution < -0.4 is 5.32 Å². The third-order valence-corrected chi connectivity index (χ3v) is 4.47. The van der Waals surface area contributed by atoms with Crippen molar-refractivity contribution in [3.63, 3.8) is 0 Å². The minimum atomic E-state index is -0.646. The van der Waals surface area contributed by atoms with Gasteiger partial charge in [0.1, 0.15) is 12.3 Å². The van der Waals surface area contributed by atoms with Crippen LogP contribution in [0.1, 0.15) is 29.4 Å². The van der Waals surface area contributed by atoms with E-state index in [1.807, 2.05) is 37.3 Å². The summed E-state index contributed by atoms with van der Waals surface area (Å²) < 4.78 is 5.31. The van der Waals surface area contributed by atoms with E-state index in [1.54, 1.807) is 18.2 Å². The summed E-state index contributed by atoms with van der Waals surface area (Å²) >= 11 is 0. The van der Waals surface area contributed by atoms with Gasteiger partial charge in [0, 0.05) is 12.2 Å². The molecular weight excluding hydrogens is 346 g/mol. The van der Waals surface area contributed by atoms with Gasteiger partial charge in [0.2, 0.25) is 0 Å². The molecule has 1 aromatic carbocycles. The highest BCUT2D eigenvalue weighted by molar-refractivity contribution is 5.98. The lowest BCUT2D eigenvalue weighted by molar-refractivity contribution is -0.125. The number of carbonyl (C=O) groups excluding carboxylic acids is 3. The van der Waals surface area contributed by atoms with Crippen LogP contribution in [0.25, 0.3) is 0 Å². The number of hydrogen-bond donors (Lipinski definition) is 1. The molecule has 3 rings (SSSR count). The van der Waals surface area contributed by atoms with Crippen LogP contribution in [0.15, 0.2) is 54.7 Å². The summed E-state index contributed by atoms with van der Waals surface area (Å²) in [7, 11) is 0. The maximum atomic E-state index is 12.4. The second-order valence-electron chi connectivity index (χ2n) is 6.46. The first kappa shape index (κ1) is 18.6. The predicted octanol–water partition coefficient (Wildman–Crippen LogP) is 2.18. The van der Waals surface area contributed by atoms with E-state index in [9.17, 15) is 14.4 Å². The molecule has 1 aromatic heterocycles. The summed E-state index contributed by atoms with van der Waals surface area (Å²) in [4.78, 5) is 42.3. The molecule has 0 radical (unpaired) electrons. The van der Waals surface area contributed by atoms with Gasteiger partial charge in [0.15, 0.2) is 5.78 Å². The second-order valence-corrected chi connectivity index (χ2v) is 6.46. The van der Waals surface area contributed by atoms with Gasteiger partial charge in [-0.1, -0.05) is 36.4 Å². The lowest BCUT2D eigenvalue weighted by atomic mass is 9.97. The molecule has 1 aliphatic heterocycles. The van der Waals surface area contributed by atoms with Crippen LogP contribution >= 0.6 is 0 Å². The Balaban J connectivity index is 1.55.